The van der Waals surface area contributed by atoms with Gasteiger partial charge in [-0.25, -0.2) is 4.98 Å². The van der Waals surface area contributed by atoms with Crippen LogP contribution in [-0.4, -0.2) is 36.7 Å². The van der Waals surface area contributed by atoms with Crippen LogP contribution in [-0.2, 0) is 6.42 Å². The van der Waals surface area contributed by atoms with Crippen LogP contribution in [0, 0.1) is 0 Å². The fourth-order valence-electron chi connectivity index (χ4n) is 5.15. The molecule has 0 saturated heterocycles. The Kier molecular flexibility index (Phi) is 6.51. The molecule has 0 atom stereocenters. The highest BCUT2D eigenvalue weighted by Crippen LogP contribution is 2.31. The van der Waals surface area contributed by atoms with Gasteiger partial charge in [0.25, 0.3) is 0 Å². The summed E-state index contributed by atoms with van der Waals surface area (Å²) in [5.74, 6) is 0.805. The number of H-pyrrole nitrogens is 2. The third-order valence-electron chi connectivity index (χ3n) is 7.26. The SMILES string of the molecule is c1ccc(-c2cc(-c3cncc(-c4ccc(-c5cn[nH]c5)cc4)c3)cc(NCCc3cccc4[nH]ccc34)n2)nc1. The lowest BCUT2D eigenvalue weighted by molar-refractivity contribution is 1.02. The molecule has 5 aromatic heterocycles. The predicted octanol–water partition coefficient (Wildman–Crippen LogP) is 7.40. The molecular weight excluding hydrogens is 506 g/mol. The van der Waals surface area contributed by atoms with Gasteiger partial charge in [-0.1, -0.05) is 42.5 Å². The topological polar surface area (TPSA) is 95.2 Å². The van der Waals surface area contributed by atoms with Crippen LogP contribution in [0.2, 0.25) is 0 Å². The lowest BCUT2D eigenvalue weighted by Crippen LogP contribution is -2.07. The van der Waals surface area contributed by atoms with Crippen molar-refractivity contribution in [3.63, 3.8) is 0 Å². The van der Waals surface area contributed by atoms with Crippen molar-refractivity contribution in [1.82, 2.24) is 30.1 Å². The van der Waals surface area contributed by atoms with Crippen molar-refractivity contribution in [2.75, 3.05) is 11.9 Å². The number of aromatic nitrogens is 6. The first-order valence-electron chi connectivity index (χ1n) is 13.6. The average Bonchev–Trinajstić information content (AvgIpc) is 3.75. The zero-order valence-corrected chi connectivity index (χ0v) is 22.3. The lowest BCUT2D eigenvalue weighted by atomic mass is 10.00. The summed E-state index contributed by atoms with van der Waals surface area (Å²) >= 11 is 0. The normalized spacial score (nSPS) is 11.1. The van der Waals surface area contributed by atoms with E-state index in [1.807, 2.05) is 49.2 Å². The standard InChI is InChI=1S/C34H27N7/c1-2-13-36-32(5-1)33-17-26(18-34(41-33)38-14-11-25-4-3-6-31-30(25)12-15-37-31)28-16-27(19-35-20-28)23-7-9-24(10-8-23)29-21-39-40-22-29/h1-10,12-13,15-22,37H,11,14H2,(H,38,41)(H,39,40). The van der Waals surface area contributed by atoms with Crippen molar-refractivity contribution in [2.24, 2.45) is 0 Å². The van der Waals surface area contributed by atoms with Crippen molar-refractivity contribution in [2.45, 2.75) is 6.42 Å². The van der Waals surface area contributed by atoms with Crippen LogP contribution in [0.15, 0.2) is 122 Å². The van der Waals surface area contributed by atoms with Crippen molar-refractivity contribution >= 4 is 16.7 Å². The van der Waals surface area contributed by atoms with Gasteiger partial charge in [0, 0.05) is 65.1 Å². The first kappa shape index (κ1) is 24.5. The minimum atomic E-state index is 0.754. The Morgan fingerprint density at radius 2 is 1.54 bits per heavy atom. The van der Waals surface area contributed by atoms with E-state index >= 15 is 0 Å². The minimum absolute atomic E-state index is 0.754. The van der Waals surface area contributed by atoms with Gasteiger partial charge in [-0.2, -0.15) is 5.10 Å². The van der Waals surface area contributed by atoms with Crippen LogP contribution in [0.3, 0.4) is 0 Å². The van der Waals surface area contributed by atoms with Gasteiger partial charge in [0.2, 0.25) is 0 Å². The molecule has 41 heavy (non-hydrogen) atoms. The number of anilines is 1. The Morgan fingerprint density at radius 3 is 2.34 bits per heavy atom. The van der Waals surface area contributed by atoms with E-state index in [1.165, 1.54) is 10.9 Å². The minimum Gasteiger partial charge on any atom is -0.370 e. The van der Waals surface area contributed by atoms with E-state index in [1.54, 1.807) is 6.20 Å². The second-order valence-corrected chi connectivity index (χ2v) is 9.90. The highest BCUT2D eigenvalue weighted by atomic mass is 15.1. The van der Waals surface area contributed by atoms with Crippen molar-refractivity contribution < 1.29 is 0 Å². The average molecular weight is 534 g/mol. The second-order valence-electron chi connectivity index (χ2n) is 9.90. The van der Waals surface area contributed by atoms with Crippen LogP contribution < -0.4 is 5.32 Å². The number of benzene rings is 2. The lowest BCUT2D eigenvalue weighted by Gasteiger charge is -2.12. The van der Waals surface area contributed by atoms with E-state index < -0.39 is 0 Å². The largest absolute Gasteiger partial charge is 0.370 e. The van der Waals surface area contributed by atoms with Gasteiger partial charge in [-0.15, -0.1) is 0 Å². The van der Waals surface area contributed by atoms with E-state index in [4.69, 9.17) is 4.98 Å². The fourth-order valence-corrected chi connectivity index (χ4v) is 5.15. The fraction of sp³-hybridized carbons (Fsp3) is 0.0588. The van der Waals surface area contributed by atoms with Crippen LogP contribution in [0.5, 0.6) is 0 Å². The molecule has 0 unspecified atom stereocenters. The predicted molar refractivity (Wildman–Crippen MR) is 164 cm³/mol. The first-order chi connectivity index (χ1) is 20.3. The molecule has 0 amide bonds. The smallest absolute Gasteiger partial charge is 0.127 e. The highest BCUT2D eigenvalue weighted by Gasteiger charge is 2.11. The number of aromatic amines is 2. The summed E-state index contributed by atoms with van der Waals surface area (Å²) < 4.78 is 0. The number of hydrogen-bond donors (Lipinski definition) is 3. The van der Waals surface area contributed by atoms with Crippen LogP contribution in [0.25, 0.3) is 55.7 Å². The number of nitrogens with zero attached hydrogens (tertiary/aromatic N) is 4. The van der Waals surface area contributed by atoms with Gasteiger partial charge in [-0.05, 0) is 71.1 Å². The molecular formula is C34H27N7. The summed E-state index contributed by atoms with van der Waals surface area (Å²) in [7, 11) is 0. The number of hydrogen-bond acceptors (Lipinski definition) is 5. The highest BCUT2D eigenvalue weighted by molar-refractivity contribution is 5.83. The summed E-state index contributed by atoms with van der Waals surface area (Å²) in [5.41, 5.74) is 10.5. The molecule has 2 aromatic carbocycles. The van der Waals surface area contributed by atoms with Gasteiger partial charge >= 0.3 is 0 Å². The molecule has 5 heterocycles. The molecule has 0 fully saturated rings. The monoisotopic (exact) mass is 533 g/mol. The van der Waals surface area contributed by atoms with Gasteiger partial charge in [0.05, 0.1) is 17.6 Å². The quantitative estimate of drug-likeness (QED) is 0.189. The zero-order valence-electron chi connectivity index (χ0n) is 22.3. The molecule has 0 aliphatic heterocycles. The molecule has 7 rings (SSSR count). The second kappa shape index (κ2) is 10.9. The molecule has 0 bridgehead atoms. The van der Waals surface area contributed by atoms with E-state index in [-0.39, 0.29) is 0 Å². The third-order valence-corrected chi connectivity index (χ3v) is 7.26. The maximum atomic E-state index is 4.92. The molecule has 0 saturated carbocycles. The third kappa shape index (κ3) is 5.21. The number of rotatable bonds is 8. The molecule has 0 radical (unpaired) electrons. The summed E-state index contributed by atoms with van der Waals surface area (Å²) in [6, 6.07) is 29.2. The summed E-state index contributed by atoms with van der Waals surface area (Å²) in [6.07, 6.45) is 12.2. The van der Waals surface area contributed by atoms with E-state index in [0.29, 0.717) is 0 Å². The Bertz CT molecular complexity index is 1910. The molecule has 7 heteroatoms. The number of pyridine rings is 3. The molecule has 198 valence electrons. The molecule has 0 spiro atoms. The molecule has 3 N–H and O–H groups in total. The Labute approximate surface area is 237 Å². The van der Waals surface area contributed by atoms with E-state index in [9.17, 15) is 0 Å². The van der Waals surface area contributed by atoms with Gasteiger partial charge < -0.3 is 10.3 Å². The summed E-state index contributed by atoms with van der Waals surface area (Å²) in [4.78, 5) is 17.4. The number of fused-ring (bicyclic) bond motifs is 1. The summed E-state index contributed by atoms with van der Waals surface area (Å²) in [6.45, 7) is 0.754. The zero-order chi connectivity index (χ0) is 27.4. The molecule has 7 aromatic rings. The molecule has 0 aliphatic carbocycles. The van der Waals surface area contributed by atoms with Gasteiger partial charge in [0.1, 0.15) is 5.82 Å². The Morgan fingerprint density at radius 1 is 0.683 bits per heavy atom. The van der Waals surface area contributed by atoms with Crippen molar-refractivity contribution in [3.8, 4) is 44.8 Å². The maximum Gasteiger partial charge on any atom is 0.127 e. The summed E-state index contributed by atoms with van der Waals surface area (Å²) in [5, 5.41) is 11.7. The van der Waals surface area contributed by atoms with Crippen molar-refractivity contribution in [3.05, 3.63) is 128 Å². The first-order valence-corrected chi connectivity index (χ1v) is 13.6. The van der Waals surface area contributed by atoms with Gasteiger partial charge in [-0.3, -0.25) is 15.1 Å². The van der Waals surface area contributed by atoms with Crippen LogP contribution >= 0.6 is 0 Å². The van der Waals surface area contributed by atoms with Gasteiger partial charge in [0.15, 0.2) is 0 Å². The Hall–Kier alpha value is -5.56. The molecule has 7 nitrogen and oxygen atoms in total. The molecule has 0 aliphatic rings. The van der Waals surface area contributed by atoms with Crippen molar-refractivity contribution in [1.29, 1.82) is 0 Å². The Balaban J connectivity index is 1.19. The van der Waals surface area contributed by atoms with Crippen LogP contribution in [0.4, 0.5) is 5.82 Å². The van der Waals surface area contributed by atoms with E-state index in [0.717, 1.165) is 69.1 Å². The van der Waals surface area contributed by atoms with E-state index in [2.05, 4.69) is 97.2 Å². The van der Waals surface area contributed by atoms with Crippen LogP contribution in [0.1, 0.15) is 5.56 Å². The number of nitrogens with one attached hydrogen (secondary N) is 3. The maximum absolute atomic E-state index is 4.92.